The quantitative estimate of drug-likeness (QED) is 0.815. The van der Waals surface area contributed by atoms with Crippen molar-refractivity contribution in [1.29, 1.82) is 0 Å². The maximum Gasteiger partial charge on any atom is 0.239 e. The zero-order chi connectivity index (χ0) is 10.0. The van der Waals surface area contributed by atoms with Crippen LogP contribution in [0.3, 0.4) is 0 Å². The van der Waals surface area contributed by atoms with Crippen LogP contribution in [0.25, 0.3) is 0 Å². The highest BCUT2D eigenvalue weighted by Gasteiger charge is 2.12. The van der Waals surface area contributed by atoms with E-state index in [1.807, 2.05) is 6.92 Å². The van der Waals surface area contributed by atoms with Crippen LogP contribution in [-0.2, 0) is 11.3 Å². The first-order valence-corrected chi connectivity index (χ1v) is 4.54. The summed E-state index contributed by atoms with van der Waals surface area (Å²) < 4.78 is 2.39. The lowest BCUT2D eigenvalue weighted by atomic mass is 10.5. The molecule has 0 bridgehead atoms. The van der Waals surface area contributed by atoms with Gasteiger partial charge in [0.25, 0.3) is 0 Å². The van der Waals surface area contributed by atoms with E-state index in [1.54, 1.807) is 7.05 Å². The van der Waals surface area contributed by atoms with Gasteiger partial charge in [-0.3, -0.25) is 4.79 Å². The molecule has 72 valence electrons. The van der Waals surface area contributed by atoms with Gasteiger partial charge in [0.1, 0.15) is 12.4 Å². The van der Waals surface area contributed by atoms with E-state index in [-0.39, 0.29) is 6.54 Å². The monoisotopic (exact) mass is 246 g/mol. The molecule has 1 aromatic rings. The molecule has 0 aromatic carbocycles. The Bertz CT molecular complexity index is 333. The Hall–Kier alpha value is -1.04. The number of nitrogens with zero attached hydrogens (tertiary/aromatic N) is 2. The lowest BCUT2D eigenvalue weighted by Crippen LogP contribution is -2.20. The van der Waals surface area contributed by atoms with E-state index in [2.05, 4.69) is 26.3 Å². The summed E-state index contributed by atoms with van der Waals surface area (Å²) in [5.74, 6) is 0.350. The maximum atomic E-state index is 10.7. The van der Waals surface area contributed by atoms with Crippen molar-refractivity contribution in [2.24, 2.45) is 5.73 Å². The Kier molecular flexibility index (Phi) is 2.92. The third-order valence-electron chi connectivity index (χ3n) is 1.60. The van der Waals surface area contributed by atoms with E-state index in [9.17, 15) is 4.79 Å². The van der Waals surface area contributed by atoms with Crippen molar-refractivity contribution in [1.82, 2.24) is 9.78 Å². The molecular weight excluding hydrogens is 236 g/mol. The van der Waals surface area contributed by atoms with E-state index >= 15 is 0 Å². The second-order valence-corrected chi connectivity index (χ2v) is 3.41. The molecule has 0 unspecified atom stereocenters. The summed E-state index contributed by atoms with van der Waals surface area (Å²) in [5, 5.41) is 7.06. The van der Waals surface area contributed by atoms with Crippen LogP contribution in [0, 0.1) is 6.92 Å². The summed E-state index contributed by atoms with van der Waals surface area (Å²) in [6, 6.07) is 0. The minimum absolute atomic E-state index is 0.0859. The Morgan fingerprint density at radius 1 is 1.77 bits per heavy atom. The zero-order valence-electron chi connectivity index (χ0n) is 7.47. The molecule has 5 nitrogen and oxygen atoms in total. The van der Waals surface area contributed by atoms with Gasteiger partial charge in [0.2, 0.25) is 5.91 Å². The number of halogens is 1. The second-order valence-electron chi connectivity index (χ2n) is 2.62. The van der Waals surface area contributed by atoms with Crippen molar-refractivity contribution in [2.45, 2.75) is 13.5 Å². The molecule has 1 rings (SSSR count). The number of hydrogen-bond acceptors (Lipinski definition) is 3. The molecule has 0 aliphatic heterocycles. The van der Waals surface area contributed by atoms with Crippen LogP contribution in [0.15, 0.2) is 4.47 Å². The summed E-state index contributed by atoms with van der Waals surface area (Å²) in [6.45, 7) is 1.94. The van der Waals surface area contributed by atoms with Gasteiger partial charge in [0.05, 0.1) is 10.2 Å². The van der Waals surface area contributed by atoms with Gasteiger partial charge in [-0.2, -0.15) is 5.10 Å². The van der Waals surface area contributed by atoms with Gasteiger partial charge in [-0.25, -0.2) is 4.68 Å². The number of nitrogens with two attached hydrogens (primary N) is 1. The number of aryl methyl sites for hydroxylation is 1. The molecule has 1 amide bonds. The SMILES string of the molecule is CNc1c(Br)c(C)nn1CC(N)=O. The summed E-state index contributed by atoms with van der Waals surface area (Å²) in [5.41, 5.74) is 5.89. The number of aromatic nitrogens is 2. The predicted octanol–water partition coefficient (Wildman–Crippen LogP) is 0.481. The minimum atomic E-state index is -0.411. The standard InChI is InChI=1S/C7H11BrN4O/c1-4-6(8)7(10-2)12(11-4)3-5(9)13/h10H,3H2,1-2H3,(H2,9,13). The number of rotatable bonds is 3. The van der Waals surface area contributed by atoms with Gasteiger partial charge < -0.3 is 11.1 Å². The third kappa shape index (κ3) is 2.00. The van der Waals surface area contributed by atoms with Crippen LogP contribution in [0.4, 0.5) is 5.82 Å². The molecular formula is C7H11BrN4O. The largest absolute Gasteiger partial charge is 0.372 e. The van der Waals surface area contributed by atoms with E-state index in [0.717, 1.165) is 16.0 Å². The molecule has 0 spiro atoms. The van der Waals surface area contributed by atoms with Crippen molar-refractivity contribution in [3.63, 3.8) is 0 Å². The molecule has 0 saturated carbocycles. The Morgan fingerprint density at radius 3 is 2.85 bits per heavy atom. The van der Waals surface area contributed by atoms with E-state index in [1.165, 1.54) is 4.68 Å². The van der Waals surface area contributed by atoms with Crippen LogP contribution in [0.5, 0.6) is 0 Å². The highest BCUT2D eigenvalue weighted by atomic mass is 79.9. The summed E-state index contributed by atoms with van der Waals surface area (Å²) >= 11 is 3.35. The van der Waals surface area contributed by atoms with Crippen LogP contribution < -0.4 is 11.1 Å². The predicted molar refractivity (Wildman–Crippen MR) is 53.4 cm³/mol. The zero-order valence-corrected chi connectivity index (χ0v) is 9.05. The smallest absolute Gasteiger partial charge is 0.239 e. The number of carbonyl (C=O) groups excluding carboxylic acids is 1. The average molecular weight is 247 g/mol. The second kappa shape index (κ2) is 3.78. The fourth-order valence-electron chi connectivity index (χ4n) is 1.06. The molecule has 13 heavy (non-hydrogen) atoms. The van der Waals surface area contributed by atoms with Crippen molar-refractivity contribution in [3.8, 4) is 0 Å². The maximum absolute atomic E-state index is 10.7. The molecule has 1 aromatic heterocycles. The molecule has 0 atom stereocenters. The number of hydrogen-bond donors (Lipinski definition) is 2. The lowest BCUT2D eigenvalue weighted by Gasteiger charge is -2.03. The van der Waals surface area contributed by atoms with Crippen molar-refractivity contribution in [3.05, 3.63) is 10.2 Å². The number of amides is 1. The van der Waals surface area contributed by atoms with Crippen LogP contribution >= 0.6 is 15.9 Å². The number of anilines is 1. The Labute approximate surface area is 84.4 Å². The Morgan fingerprint density at radius 2 is 2.38 bits per heavy atom. The fourth-order valence-corrected chi connectivity index (χ4v) is 1.54. The molecule has 3 N–H and O–H groups in total. The average Bonchev–Trinajstić information content (AvgIpc) is 2.27. The molecule has 0 radical (unpaired) electrons. The fraction of sp³-hybridized carbons (Fsp3) is 0.429. The summed E-state index contributed by atoms with van der Waals surface area (Å²) in [6.07, 6.45) is 0. The molecule has 0 fully saturated rings. The van der Waals surface area contributed by atoms with Gasteiger partial charge in [0, 0.05) is 7.05 Å². The highest BCUT2D eigenvalue weighted by molar-refractivity contribution is 9.10. The van der Waals surface area contributed by atoms with Gasteiger partial charge >= 0.3 is 0 Å². The number of nitrogens with one attached hydrogen (secondary N) is 1. The summed E-state index contributed by atoms with van der Waals surface area (Å²) in [4.78, 5) is 10.7. The highest BCUT2D eigenvalue weighted by Crippen LogP contribution is 2.25. The third-order valence-corrected chi connectivity index (χ3v) is 2.55. The Balaban J connectivity index is 3.06. The molecule has 0 aliphatic carbocycles. The molecule has 1 heterocycles. The molecule has 0 saturated heterocycles. The van der Waals surface area contributed by atoms with Gasteiger partial charge in [-0.1, -0.05) is 0 Å². The first-order valence-electron chi connectivity index (χ1n) is 3.75. The van der Waals surface area contributed by atoms with Crippen LogP contribution in [-0.4, -0.2) is 22.7 Å². The van der Waals surface area contributed by atoms with Crippen molar-refractivity contribution < 1.29 is 4.79 Å². The van der Waals surface area contributed by atoms with Gasteiger partial charge in [-0.05, 0) is 22.9 Å². The van der Waals surface area contributed by atoms with E-state index in [4.69, 9.17) is 5.73 Å². The van der Waals surface area contributed by atoms with Crippen LogP contribution in [0.2, 0.25) is 0 Å². The topological polar surface area (TPSA) is 72.9 Å². The van der Waals surface area contributed by atoms with E-state index < -0.39 is 5.91 Å². The first-order chi connectivity index (χ1) is 6.06. The van der Waals surface area contributed by atoms with Gasteiger partial charge in [-0.15, -0.1) is 0 Å². The molecule has 0 aliphatic rings. The van der Waals surface area contributed by atoms with E-state index in [0.29, 0.717) is 0 Å². The summed E-state index contributed by atoms with van der Waals surface area (Å²) in [7, 11) is 1.76. The normalized spacial score (nSPS) is 10.1. The van der Waals surface area contributed by atoms with Crippen LogP contribution in [0.1, 0.15) is 5.69 Å². The molecule has 6 heteroatoms. The van der Waals surface area contributed by atoms with Crippen molar-refractivity contribution in [2.75, 3.05) is 12.4 Å². The van der Waals surface area contributed by atoms with Gasteiger partial charge in [0.15, 0.2) is 0 Å². The lowest BCUT2D eigenvalue weighted by molar-refractivity contribution is -0.118. The first kappa shape index (κ1) is 10.0. The van der Waals surface area contributed by atoms with Crippen molar-refractivity contribution >= 4 is 27.7 Å². The number of carbonyl (C=O) groups is 1. The number of primary amides is 1. The minimum Gasteiger partial charge on any atom is -0.372 e.